The van der Waals surface area contributed by atoms with Crippen molar-refractivity contribution in [3.8, 4) is 0 Å². The van der Waals surface area contributed by atoms with Gasteiger partial charge >= 0.3 is 0 Å². The molecule has 2 heteroatoms. The molecule has 0 aromatic heterocycles. The minimum Gasteiger partial charge on any atom is -0.314 e. The van der Waals surface area contributed by atoms with E-state index in [1.54, 1.807) is 0 Å². The van der Waals surface area contributed by atoms with Crippen LogP contribution >= 0.6 is 0 Å². The third-order valence-electron chi connectivity index (χ3n) is 4.14. The van der Waals surface area contributed by atoms with Crippen LogP contribution in [0.2, 0.25) is 0 Å². The zero-order valence-corrected chi connectivity index (χ0v) is 12.5. The van der Waals surface area contributed by atoms with Gasteiger partial charge in [0.15, 0.2) is 0 Å². The van der Waals surface area contributed by atoms with E-state index in [0.717, 1.165) is 13.1 Å². The van der Waals surface area contributed by atoms with E-state index in [2.05, 4.69) is 48.3 Å². The molecule has 1 aromatic rings. The predicted molar refractivity (Wildman–Crippen MR) is 82.5 cm³/mol. The van der Waals surface area contributed by atoms with Crippen LogP contribution in [0.3, 0.4) is 0 Å². The van der Waals surface area contributed by atoms with E-state index in [-0.39, 0.29) is 0 Å². The first kappa shape index (κ1) is 14.5. The highest BCUT2D eigenvalue weighted by Crippen LogP contribution is 2.27. The van der Waals surface area contributed by atoms with Gasteiger partial charge in [0.2, 0.25) is 0 Å². The fourth-order valence-corrected chi connectivity index (χ4v) is 2.93. The number of benzene rings is 1. The fourth-order valence-electron chi connectivity index (χ4n) is 2.93. The van der Waals surface area contributed by atoms with Crippen LogP contribution in [-0.4, -0.2) is 31.1 Å². The van der Waals surface area contributed by atoms with Crippen LogP contribution in [0.15, 0.2) is 24.3 Å². The third kappa shape index (κ3) is 4.32. The molecule has 1 aliphatic heterocycles. The maximum Gasteiger partial charge on any atom is 0.0349 e. The number of hydrogen-bond donors (Lipinski definition) is 1. The molecule has 0 aliphatic carbocycles. The molecular formula is C17H28N2. The minimum absolute atomic E-state index is 0.620. The van der Waals surface area contributed by atoms with Crippen LogP contribution in [0.1, 0.15) is 49.8 Å². The quantitative estimate of drug-likeness (QED) is 0.787. The molecule has 1 N–H and O–H groups in total. The van der Waals surface area contributed by atoms with Crippen molar-refractivity contribution in [1.29, 1.82) is 0 Å². The first-order valence-corrected chi connectivity index (χ1v) is 7.82. The fraction of sp³-hybridized carbons (Fsp3) is 0.647. The third-order valence-corrected chi connectivity index (χ3v) is 4.14. The van der Waals surface area contributed by atoms with Gasteiger partial charge in [-0.3, -0.25) is 4.90 Å². The van der Waals surface area contributed by atoms with Crippen molar-refractivity contribution in [2.75, 3.05) is 26.2 Å². The van der Waals surface area contributed by atoms with E-state index >= 15 is 0 Å². The summed E-state index contributed by atoms with van der Waals surface area (Å²) in [5.41, 5.74) is 2.86. The van der Waals surface area contributed by atoms with Crippen molar-refractivity contribution in [1.82, 2.24) is 10.2 Å². The average molecular weight is 260 g/mol. The molecule has 0 amide bonds. The van der Waals surface area contributed by atoms with E-state index in [4.69, 9.17) is 0 Å². The summed E-state index contributed by atoms with van der Waals surface area (Å²) in [5.74, 6) is 0. The molecule has 106 valence electrons. The molecule has 1 aromatic carbocycles. The molecule has 1 fully saturated rings. The van der Waals surface area contributed by atoms with Crippen LogP contribution in [0.4, 0.5) is 0 Å². The second-order valence-corrected chi connectivity index (χ2v) is 5.71. The van der Waals surface area contributed by atoms with E-state index in [1.165, 1.54) is 49.9 Å². The SMILES string of the molecule is CCCCC[C@@H](c1ccc(C)cc1)N1CCNCC1. The molecule has 1 heterocycles. The highest BCUT2D eigenvalue weighted by atomic mass is 15.2. The van der Waals surface area contributed by atoms with E-state index < -0.39 is 0 Å². The van der Waals surface area contributed by atoms with Gasteiger partial charge in [-0.2, -0.15) is 0 Å². The lowest BCUT2D eigenvalue weighted by atomic mass is 9.97. The zero-order chi connectivity index (χ0) is 13.5. The predicted octanol–water partition coefficient (Wildman–Crippen LogP) is 3.52. The molecule has 2 nitrogen and oxygen atoms in total. The summed E-state index contributed by atoms with van der Waals surface area (Å²) in [6.45, 7) is 9.09. The van der Waals surface area contributed by atoms with Gasteiger partial charge in [0.1, 0.15) is 0 Å². The van der Waals surface area contributed by atoms with Crippen LogP contribution in [0.5, 0.6) is 0 Å². The minimum atomic E-state index is 0.620. The molecule has 1 aliphatic rings. The van der Waals surface area contributed by atoms with Crippen molar-refractivity contribution >= 4 is 0 Å². The Balaban J connectivity index is 2.05. The van der Waals surface area contributed by atoms with Gasteiger partial charge < -0.3 is 5.32 Å². The Hall–Kier alpha value is -0.860. The Labute approximate surface area is 118 Å². The van der Waals surface area contributed by atoms with Crippen LogP contribution < -0.4 is 5.32 Å². The Kier molecular flexibility index (Phi) is 5.87. The Morgan fingerprint density at radius 1 is 1.11 bits per heavy atom. The topological polar surface area (TPSA) is 15.3 Å². The molecule has 2 rings (SSSR count). The number of rotatable bonds is 6. The number of nitrogens with zero attached hydrogens (tertiary/aromatic N) is 1. The van der Waals surface area contributed by atoms with Gasteiger partial charge in [-0.15, -0.1) is 0 Å². The van der Waals surface area contributed by atoms with Gasteiger partial charge in [-0.1, -0.05) is 56.0 Å². The van der Waals surface area contributed by atoms with Crippen LogP contribution in [0, 0.1) is 6.92 Å². The number of unbranched alkanes of at least 4 members (excludes halogenated alkanes) is 2. The smallest absolute Gasteiger partial charge is 0.0349 e. The Morgan fingerprint density at radius 2 is 1.79 bits per heavy atom. The first-order valence-electron chi connectivity index (χ1n) is 7.82. The first-order chi connectivity index (χ1) is 9.31. The second kappa shape index (κ2) is 7.66. The monoisotopic (exact) mass is 260 g/mol. The van der Waals surface area contributed by atoms with Gasteiger partial charge in [-0.05, 0) is 18.9 Å². The summed E-state index contributed by atoms with van der Waals surface area (Å²) in [6, 6.07) is 9.78. The second-order valence-electron chi connectivity index (χ2n) is 5.71. The molecule has 0 spiro atoms. The van der Waals surface area contributed by atoms with Gasteiger partial charge in [0.05, 0.1) is 0 Å². The van der Waals surface area contributed by atoms with Gasteiger partial charge in [0, 0.05) is 32.2 Å². The zero-order valence-electron chi connectivity index (χ0n) is 12.5. The lowest BCUT2D eigenvalue weighted by Crippen LogP contribution is -2.45. The number of piperazine rings is 1. The molecular weight excluding hydrogens is 232 g/mol. The number of nitrogens with one attached hydrogen (secondary N) is 1. The molecule has 0 saturated carbocycles. The molecule has 1 saturated heterocycles. The van der Waals surface area contributed by atoms with E-state index in [1.807, 2.05) is 0 Å². The molecule has 0 unspecified atom stereocenters. The summed E-state index contributed by atoms with van der Waals surface area (Å²) in [6.07, 6.45) is 5.31. The highest BCUT2D eigenvalue weighted by molar-refractivity contribution is 5.24. The molecule has 0 radical (unpaired) electrons. The lowest BCUT2D eigenvalue weighted by Gasteiger charge is -2.35. The van der Waals surface area contributed by atoms with Crippen molar-refractivity contribution in [2.24, 2.45) is 0 Å². The van der Waals surface area contributed by atoms with Gasteiger partial charge in [-0.25, -0.2) is 0 Å². The molecule has 1 atom stereocenters. The Morgan fingerprint density at radius 3 is 2.42 bits per heavy atom. The Bertz CT molecular complexity index is 352. The maximum atomic E-state index is 3.46. The number of hydrogen-bond acceptors (Lipinski definition) is 2. The average Bonchev–Trinajstić information content (AvgIpc) is 2.46. The van der Waals surface area contributed by atoms with Crippen LogP contribution in [-0.2, 0) is 0 Å². The van der Waals surface area contributed by atoms with Crippen molar-refractivity contribution in [3.05, 3.63) is 35.4 Å². The maximum absolute atomic E-state index is 3.46. The largest absolute Gasteiger partial charge is 0.314 e. The summed E-state index contributed by atoms with van der Waals surface area (Å²) in [5, 5.41) is 3.46. The van der Waals surface area contributed by atoms with E-state index in [9.17, 15) is 0 Å². The summed E-state index contributed by atoms with van der Waals surface area (Å²) in [7, 11) is 0. The number of aryl methyl sites for hydroxylation is 1. The van der Waals surface area contributed by atoms with Crippen molar-refractivity contribution in [3.63, 3.8) is 0 Å². The van der Waals surface area contributed by atoms with Crippen molar-refractivity contribution in [2.45, 2.75) is 45.6 Å². The van der Waals surface area contributed by atoms with Crippen LogP contribution in [0.25, 0.3) is 0 Å². The highest BCUT2D eigenvalue weighted by Gasteiger charge is 2.21. The van der Waals surface area contributed by atoms with E-state index in [0.29, 0.717) is 6.04 Å². The summed E-state index contributed by atoms with van der Waals surface area (Å²) < 4.78 is 0. The lowest BCUT2D eigenvalue weighted by molar-refractivity contribution is 0.162. The molecule has 0 bridgehead atoms. The summed E-state index contributed by atoms with van der Waals surface area (Å²) in [4.78, 5) is 2.66. The summed E-state index contributed by atoms with van der Waals surface area (Å²) >= 11 is 0. The van der Waals surface area contributed by atoms with Gasteiger partial charge in [0.25, 0.3) is 0 Å². The van der Waals surface area contributed by atoms with Crippen molar-refractivity contribution < 1.29 is 0 Å². The standard InChI is InChI=1S/C17H28N2/c1-3-4-5-6-17(19-13-11-18-12-14-19)16-9-7-15(2)8-10-16/h7-10,17-18H,3-6,11-14H2,1-2H3/t17-/m0/s1. The molecule has 19 heavy (non-hydrogen) atoms. The normalized spacial score (nSPS) is 18.4.